The molecule has 0 amide bonds. The van der Waals surface area contributed by atoms with Crippen LogP contribution in [0.2, 0.25) is 5.02 Å². The molecule has 0 saturated heterocycles. The van der Waals surface area contributed by atoms with Crippen molar-refractivity contribution in [3.05, 3.63) is 58.4 Å². The Kier molecular flexibility index (Phi) is 3.63. The summed E-state index contributed by atoms with van der Waals surface area (Å²) in [6.45, 7) is 1.91. The summed E-state index contributed by atoms with van der Waals surface area (Å²) in [7, 11) is 0. The van der Waals surface area contributed by atoms with Crippen molar-refractivity contribution in [2.75, 3.05) is 5.73 Å². The third-order valence-corrected chi connectivity index (χ3v) is 3.15. The molecule has 2 rings (SSSR count). The molecule has 0 saturated carbocycles. The zero-order chi connectivity index (χ0) is 13.1. The largest absolute Gasteiger partial charge is 0.398 e. The molecule has 0 atom stereocenters. The average Bonchev–Trinajstić information content (AvgIpc) is 2.35. The third-order valence-electron chi connectivity index (χ3n) is 2.81. The Hall–Kier alpha value is -1.87. The average molecular weight is 261 g/mol. The summed E-state index contributed by atoms with van der Waals surface area (Å²) in [5, 5.41) is 0.505. The standard InChI is InChI=1S/C14H13ClN2O/c1-9-2-3-11(6-13(9)16)14(18)7-10-4-5-17-8-12(10)15/h2-6,8H,7,16H2,1H3. The summed E-state index contributed by atoms with van der Waals surface area (Å²) in [5.74, 6) is -0.00481. The summed E-state index contributed by atoms with van der Waals surface area (Å²) < 4.78 is 0. The van der Waals surface area contributed by atoms with Crippen LogP contribution < -0.4 is 5.73 Å². The van der Waals surface area contributed by atoms with Crippen molar-refractivity contribution in [1.29, 1.82) is 0 Å². The molecule has 1 aromatic carbocycles. The quantitative estimate of drug-likeness (QED) is 0.682. The van der Waals surface area contributed by atoms with Crippen molar-refractivity contribution in [3.8, 4) is 0 Å². The lowest BCUT2D eigenvalue weighted by Gasteiger charge is -2.05. The molecule has 0 spiro atoms. The number of hydrogen-bond acceptors (Lipinski definition) is 3. The van der Waals surface area contributed by atoms with Gasteiger partial charge in [0.1, 0.15) is 0 Å². The Morgan fingerprint density at radius 2 is 2.17 bits per heavy atom. The van der Waals surface area contributed by atoms with E-state index in [1.165, 1.54) is 6.20 Å². The van der Waals surface area contributed by atoms with E-state index < -0.39 is 0 Å². The maximum absolute atomic E-state index is 12.1. The molecule has 92 valence electrons. The highest BCUT2D eigenvalue weighted by molar-refractivity contribution is 6.31. The first-order chi connectivity index (χ1) is 8.58. The minimum atomic E-state index is -0.00481. The highest BCUT2D eigenvalue weighted by atomic mass is 35.5. The number of aromatic nitrogens is 1. The Labute approximate surface area is 111 Å². The van der Waals surface area contributed by atoms with E-state index in [0.29, 0.717) is 16.3 Å². The van der Waals surface area contributed by atoms with E-state index in [0.717, 1.165) is 11.1 Å². The fraction of sp³-hybridized carbons (Fsp3) is 0.143. The Balaban J connectivity index is 2.22. The molecule has 0 aliphatic rings. The number of ketones is 1. The van der Waals surface area contributed by atoms with Crippen LogP contribution in [0, 0.1) is 6.92 Å². The highest BCUT2D eigenvalue weighted by Gasteiger charge is 2.10. The minimum absolute atomic E-state index is 0.00481. The number of nitrogen functional groups attached to an aromatic ring is 1. The number of halogens is 1. The molecular formula is C14H13ClN2O. The second-order valence-corrected chi connectivity index (χ2v) is 4.55. The normalized spacial score (nSPS) is 10.3. The number of Topliss-reactive ketones (excluding diaryl/α,β-unsaturated/α-hetero) is 1. The van der Waals surface area contributed by atoms with Crippen LogP contribution in [-0.2, 0) is 6.42 Å². The number of carbonyl (C=O) groups excluding carboxylic acids is 1. The highest BCUT2D eigenvalue weighted by Crippen LogP contribution is 2.18. The fourth-order valence-electron chi connectivity index (χ4n) is 1.64. The molecule has 0 fully saturated rings. The van der Waals surface area contributed by atoms with E-state index in [-0.39, 0.29) is 12.2 Å². The van der Waals surface area contributed by atoms with Gasteiger partial charge < -0.3 is 5.73 Å². The van der Waals surface area contributed by atoms with Crippen LogP contribution in [0.4, 0.5) is 5.69 Å². The monoisotopic (exact) mass is 260 g/mol. The van der Waals surface area contributed by atoms with Gasteiger partial charge in [-0.2, -0.15) is 0 Å². The Morgan fingerprint density at radius 3 is 2.83 bits per heavy atom. The van der Waals surface area contributed by atoms with Gasteiger partial charge in [-0.3, -0.25) is 9.78 Å². The lowest BCUT2D eigenvalue weighted by molar-refractivity contribution is 0.0993. The van der Waals surface area contributed by atoms with Gasteiger partial charge in [-0.15, -0.1) is 0 Å². The second kappa shape index (κ2) is 5.19. The summed E-state index contributed by atoms with van der Waals surface area (Å²) in [4.78, 5) is 16.0. The van der Waals surface area contributed by atoms with E-state index in [4.69, 9.17) is 17.3 Å². The summed E-state index contributed by atoms with van der Waals surface area (Å²) in [5.41, 5.74) is 8.76. The molecule has 4 heteroatoms. The van der Waals surface area contributed by atoms with Gasteiger partial charge in [0, 0.05) is 30.1 Å². The van der Waals surface area contributed by atoms with Crippen LogP contribution in [-0.4, -0.2) is 10.8 Å². The Bertz CT molecular complexity index is 596. The molecule has 0 bridgehead atoms. The van der Waals surface area contributed by atoms with E-state index in [2.05, 4.69) is 4.98 Å². The van der Waals surface area contributed by atoms with Crippen LogP contribution in [0.15, 0.2) is 36.7 Å². The first kappa shape index (κ1) is 12.6. The van der Waals surface area contributed by atoms with Crippen LogP contribution >= 0.6 is 11.6 Å². The van der Waals surface area contributed by atoms with Crippen molar-refractivity contribution in [2.24, 2.45) is 0 Å². The molecule has 0 unspecified atom stereocenters. The van der Waals surface area contributed by atoms with E-state index in [1.54, 1.807) is 24.4 Å². The van der Waals surface area contributed by atoms with Gasteiger partial charge in [0.05, 0.1) is 5.02 Å². The van der Waals surface area contributed by atoms with Crippen molar-refractivity contribution < 1.29 is 4.79 Å². The van der Waals surface area contributed by atoms with Gasteiger partial charge in [0.25, 0.3) is 0 Å². The number of nitrogens with two attached hydrogens (primary N) is 1. The number of pyridine rings is 1. The van der Waals surface area contributed by atoms with Gasteiger partial charge in [0.2, 0.25) is 0 Å². The maximum Gasteiger partial charge on any atom is 0.167 e. The van der Waals surface area contributed by atoms with Gasteiger partial charge in [-0.05, 0) is 30.2 Å². The lowest BCUT2D eigenvalue weighted by Crippen LogP contribution is -2.05. The van der Waals surface area contributed by atoms with Crippen LogP contribution in [0.3, 0.4) is 0 Å². The minimum Gasteiger partial charge on any atom is -0.398 e. The predicted octanol–water partition coefficient (Wildman–Crippen LogP) is 3.05. The van der Waals surface area contributed by atoms with Crippen LogP contribution in [0.5, 0.6) is 0 Å². The summed E-state index contributed by atoms with van der Waals surface area (Å²) >= 11 is 5.97. The molecule has 3 nitrogen and oxygen atoms in total. The summed E-state index contributed by atoms with van der Waals surface area (Å²) in [6, 6.07) is 7.07. The van der Waals surface area contributed by atoms with Crippen LogP contribution in [0.1, 0.15) is 21.5 Å². The zero-order valence-electron chi connectivity index (χ0n) is 9.98. The van der Waals surface area contributed by atoms with Crippen molar-refractivity contribution in [1.82, 2.24) is 4.98 Å². The fourth-order valence-corrected chi connectivity index (χ4v) is 1.82. The van der Waals surface area contributed by atoms with Gasteiger partial charge in [0.15, 0.2) is 5.78 Å². The molecule has 2 N–H and O–H groups in total. The van der Waals surface area contributed by atoms with Crippen molar-refractivity contribution in [3.63, 3.8) is 0 Å². The number of aryl methyl sites for hydroxylation is 1. The third kappa shape index (κ3) is 2.68. The Morgan fingerprint density at radius 1 is 1.39 bits per heavy atom. The SMILES string of the molecule is Cc1ccc(C(=O)Cc2ccncc2Cl)cc1N. The molecule has 2 aromatic rings. The first-order valence-corrected chi connectivity index (χ1v) is 5.93. The number of benzene rings is 1. The van der Waals surface area contributed by atoms with Crippen molar-refractivity contribution >= 4 is 23.1 Å². The van der Waals surface area contributed by atoms with Gasteiger partial charge in [-0.1, -0.05) is 23.7 Å². The lowest BCUT2D eigenvalue weighted by atomic mass is 10.0. The van der Waals surface area contributed by atoms with E-state index in [9.17, 15) is 4.79 Å². The smallest absolute Gasteiger partial charge is 0.167 e. The number of carbonyl (C=O) groups is 1. The number of rotatable bonds is 3. The molecule has 18 heavy (non-hydrogen) atoms. The number of nitrogens with zero attached hydrogens (tertiary/aromatic N) is 1. The molecule has 1 aromatic heterocycles. The molecule has 0 aliphatic heterocycles. The number of anilines is 1. The first-order valence-electron chi connectivity index (χ1n) is 5.55. The van der Waals surface area contributed by atoms with E-state index in [1.807, 2.05) is 13.0 Å². The predicted molar refractivity (Wildman–Crippen MR) is 72.9 cm³/mol. The summed E-state index contributed by atoms with van der Waals surface area (Å²) in [6.07, 6.45) is 3.41. The molecule has 1 heterocycles. The van der Waals surface area contributed by atoms with Gasteiger partial charge in [-0.25, -0.2) is 0 Å². The maximum atomic E-state index is 12.1. The second-order valence-electron chi connectivity index (χ2n) is 4.14. The van der Waals surface area contributed by atoms with Crippen LogP contribution in [0.25, 0.3) is 0 Å². The molecule has 0 radical (unpaired) electrons. The van der Waals surface area contributed by atoms with Gasteiger partial charge >= 0.3 is 0 Å². The van der Waals surface area contributed by atoms with E-state index >= 15 is 0 Å². The van der Waals surface area contributed by atoms with Crippen molar-refractivity contribution in [2.45, 2.75) is 13.3 Å². The molecule has 0 aliphatic carbocycles. The number of hydrogen-bond donors (Lipinski definition) is 1. The zero-order valence-corrected chi connectivity index (χ0v) is 10.7. The molecular weight excluding hydrogens is 248 g/mol. The topological polar surface area (TPSA) is 56.0 Å².